The molecule has 1 heterocycles. The summed E-state index contributed by atoms with van der Waals surface area (Å²) in [6, 6.07) is 1.55. The Kier molecular flexibility index (Phi) is 9.89. The third kappa shape index (κ3) is 8.08. The number of nitrogens with zero attached hydrogens (tertiary/aromatic N) is 1. The van der Waals surface area contributed by atoms with Crippen LogP contribution < -0.4 is 21.7 Å². The molecule has 0 saturated carbocycles. The van der Waals surface area contributed by atoms with Crippen LogP contribution >= 0.6 is 12.6 Å². The summed E-state index contributed by atoms with van der Waals surface area (Å²) in [5, 5.41) is 26.2. The Labute approximate surface area is 201 Å². The number of nitrogens with one attached hydrogen (secondary N) is 4. The van der Waals surface area contributed by atoms with E-state index < -0.39 is 47.9 Å². The monoisotopic (exact) mass is 492 g/mol. The first-order valence-electron chi connectivity index (χ1n) is 10.4. The van der Waals surface area contributed by atoms with Gasteiger partial charge in [-0.15, -0.1) is 0 Å². The second kappa shape index (κ2) is 12.6. The molecule has 13 heteroatoms. The fourth-order valence-electron chi connectivity index (χ4n) is 2.94. The number of aromatic nitrogens is 2. The molecule has 2 rings (SSSR count). The lowest BCUT2D eigenvalue weighted by atomic mass is 10.0. The van der Waals surface area contributed by atoms with Gasteiger partial charge < -0.3 is 36.9 Å². The van der Waals surface area contributed by atoms with Crippen molar-refractivity contribution in [3.63, 3.8) is 0 Å². The molecule has 2 aromatic rings. The predicted octanol–water partition coefficient (Wildman–Crippen LogP) is -1.28. The van der Waals surface area contributed by atoms with Crippen molar-refractivity contribution in [2.45, 2.75) is 43.9 Å². The molecule has 0 saturated heterocycles. The zero-order valence-electron chi connectivity index (χ0n) is 18.4. The molecule has 0 radical (unpaired) electrons. The van der Waals surface area contributed by atoms with Crippen LogP contribution in [0.5, 0.6) is 5.75 Å². The smallest absolute Gasteiger partial charge is 0.327 e. The van der Waals surface area contributed by atoms with Crippen LogP contribution in [0.1, 0.15) is 18.2 Å². The third-order valence-corrected chi connectivity index (χ3v) is 5.20. The summed E-state index contributed by atoms with van der Waals surface area (Å²) < 4.78 is 0. The van der Waals surface area contributed by atoms with Crippen LogP contribution in [-0.4, -0.2) is 73.8 Å². The van der Waals surface area contributed by atoms with E-state index in [0.717, 1.165) is 0 Å². The molecular weight excluding hydrogens is 464 g/mol. The van der Waals surface area contributed by atoms with Crippen LogP contribution in [0.4, 0.5) is 0 Å². The van der Waals surface area contributed by atoms with Crippen molar-refractivity contribution in [2.75, 3.05) is 5.75 Å². The molecule has 4 unspecified atom stereocenters. The number of carboxylic acids is 1. The molecule has 0 aliphatic heterocycles. The van der Waals surface area contributed by atoms with Crippen molar-refractivity contribution in [1.82, 2.24) is 25.9 Å². The number of H-pyrrole nitrogens is 1. The fourth-order valence-corrected chi connectivity index (χ4v) is 3.18. The maximum Gasteiger partial charge on any atom is 0.327 e. The standard InChI is InChI=1S/C21H28N6O6S/c1-11(22)18(29)25-16(7-13-8-23-10-24-13)20(31)26-15(6-12-2-4-14(28)5-3-12)19(30)27-17(9-34)21(32)33/h2-5,8,10-11,15-17,28,34H,6-7,9,22H2,1H3,(H,23,24)(H,25,29)(H,26,31)(H,27,30)(H,32,33). The van der Waals surface area contributed by atoms with E-state index >= 15 is 0 Å². The number of carboxylic acid groups (broad SMARTS) is 1. The second-order valence-corrected chi connectivity index (χ2v) is 8.01. The van der Waals surface area contributed by atoms with Crippen LogP contribution in [0, 0.1) is 0 Å². The van der Waals surface area contributed by atoms with Crippen molar-refractivity contribution in [1.29, 1.82) is 0 Å². The van der Waals surface area contributed by atoms with Gasteiger partial charge in [-0.1, -0.05) is 12.1 Å². The van der Waals surface area contributed by atoms with Gasteiger partial charge in [-0.25, -0.2) is 9.78 Å². The van der Waals surface area contributed by atoms with Gasteiger partial charge in [-0.2, -0.15) is 12.6 Å². The first-order chi connectivity index (χ1) is 16.1. The first kappa shape index (κ1) is 26.7. The number of aromatic amines is 1. The van der Waals surface area contributed by atoms with Crippen molar-refractivity contribution in [3.05, 3.63) is 48.0 Å². The highest BCUT2D eigenvalue weighted by atomic mass is 32.1. The molecule has 1 aromatic carbocycles. The summed E-state index contributed by atoms with van der Waals surface area (Å²) >= 11 is 3.94. The van der Waals surface area contributed by atoms with Gasteiger partial charge in [0.25, 0.3) is 0 Å². The van der Waals surface area contributed by atoms with Crippen molar-refractivity contribution < 1.29 is 29.4 Å². The number of benzene rings is 1. The minimum atomic E-state index is -1.28. The van der Waals surface area contributed by atoms with Crippen molar-refractivity contribution in [2.24, 2.45) is 5.73 Å². The van der Waals surface area contributed by atoms with Gasteiger partial charge >= 0.3 is 5.97 Å². The maximum absolute atomic E-state index is 13.1. The lowest BCUT2D eigenvalue weighted by molar-refractivity contribution is -0.141. The average Bonchev–Trinajstić information content (AvgIpc) is 3.30. The van der Waals surface area contributed by atoms with Gasteiger partial charge in [0.05, 0.1) is 12.4 Å². The Hall–Kier alpha value is -3.58. The summed E-state index contributed by atoms with van der Waals surface area (Å²) in [6.07, 6.45) is 2.95. The Bertz CT molecular complexity index is 982. The highest BCUT2D eigenvalue weighted by Crippen LogP contribution is 2.12. The molecule has 3 amide bonds. The molecule has 34 heavy (non-hydrogen) atoms. The zero-order chi connectivity index (χ0) is 25.3. The molecule has 0 aliphatic carbocycles. The molecule has 0 spiro atoms. The number of aliphatic carboxylic acids is 1. The summed E-state index contributed by atoms with van der Waals surface area (Å²) in [5.41, 5.74) is 6.77. The first-order valence-corrected chi connectivity index (χ1v) is 11.0. The number of phenolic OH excluding ortho intramolecular Hbond substituents is 1. The van der Waals surface area contributed by atoms with Gasteiger partial charge in [0.2, 0.25) is 17.7 Å². The van der Waals surface area contributed by atoms with E-state index in [4.69, 9.17) is 5.73 Å². The number of hydrogen-bond acceptors (Lipinski definition) is 8. The van der Waals surface area contributed by atoms with Gasteiger partial charge in [0.1, 0.15) is 23.9 Å². The van der Waals surface area contributed by atoms with Crippen LogP contribution in [0.2, 0.25) is 0 Å². The predicted molar refractivity (Wildman–Crippen MR) is 125 cm³/mol. The number of nitrogens with two attached hydrogens (primary N) is 1. The second-order valence-electron chi connectivity index (χ2n) is 7.64. The summed E-state index contributed by atoms with van der Waals surface area (Å²) in [7, 11) is 0. The minimum absolute atomic E-state index is 0.00518. The quantitative estimate of drug-likeness (QED) is 0.167. The van der Waals surface area contributed by atoms with E-state index in [1.165, 1.54) is 31.6 Å². The van der Waals surface area contributed by atoms with E-state index in [2.05, 4.69) is 38.5 Å². The SMILES string of the molecule is CC(N)C(=O)NC(Cc1cnc[nH]1)C(=O)NC(Cc1ccc(O)cc1)C(=O)NC(CS)C(=O)O. The van der Waals surface area contributed by atoms with Crippen molar-refractivity contribution in [3.8, 4) is 5.75 Å². The Morgan fingerprint density at radius 3 is 2.06 bits per heavy atom. The fraction of sp³-hybridized carbons (Fsp3) is 0.381. The third-order valence-electron chi connectivity index (χ3n) is 4.83. The molecule has 0 fully saturated rings. The Morgan fingerprint density at radius 1 is 1.00 bits per heavy atom. The van der Waals surface area contributed by atoms with E-state index in [9.17, 15) is 29.4 Å². The molecule has 8 N–H and O–H groups in total. The molecule has 184 valence electrons. The minimum Gasteiger partial charge on any atom is -0.508 e. The normalized spacial score (nSPS) is 14.3. The van der Waals surface area contributed by atoms with Gasteiger partial charge in [-0.05, 0) is 24.6 Å². The Morgan fingerprint density at radius 2 is 1.56 bits per heavy atom. The maximum atomic E-state index is 13.1. The number of carbonyl (C=O) groups is 4. The van der Waals surface area contributed by atoms with Gasteiger partial charge in [0.15, 0.2) is 0 Å². The number of aromatic hydroxyl groups is 1. The van der Waals surface area contributed by atoms with E-state index in [-0.39, 0.29) is 24.3 Å². The number of carbonyl (C=O) groups excluding carboxylic acids is 3. The highest BCUT2D eigenvalue weighted by Gasteiger charge is 2.30. The molecule has 0 aliphatic rings. The summed E-state index contributed by atoms with van der Waals surface area (Å²) in [6.45, 7) is 1.46. The molecule has 12 nitrogen and oxygen atoms in total. The molecular formula is C21H28N6O6S. The molecule has 4 atom stereocenters. The topological polar surface area (TPSA) is 200 Å². The number of hydrogen-bond donors (Lipinski definition) is 8. The van der Waals surface area contributed by atoms with E-state index in [1.54, 1.807) is 12.1 Å². The Balaban J connectivity index is 2.25. The summed E-state index contributed by atoms with van der Waals surface area (Å²) in [4.78, 5) is 56.3. The molecule has 1 aromatic heterocycles. The number of imidazole rings is 1. The zero-order valence-corrected chi connectivity index (χ0v) is 19.3. The number of thiol groups is 1. The highest BCUT2D eigenvalue weighted by molar-refractivity contribution is 7.80. The number of rotatable bonds is 12. The lowest BCUT2D eigenvalue weighted by Crippen LogP contribution is -2.58. The van der Waals surface area contributed by atoms with Crippen LogP contribution in [0.25, 0.3) is 0 Å². The van der Waals surface area contributed by atoms with Gasteiger partial charge in [0, 0.05) is 30.5 Å². The van der Waals surface area contributed by atoms with E-state index in [0.29, 0.717) is 11.3 Å². The summed E-state index contributed by atoms with van der Waals surface area (Å²) in [5.74, 6) is -3.41. The average molecular weight is 493 g/mol. The van der Waals surface area contributed by atoms with Crippen LogP contribution in [0.15, 0.2) is 36.8 Å². The van der Waals surface area contributed by atoms with Gasteiger partial charge in [-0.3, -0.25) is 14.4 Å². The lowest BCUT2D eigenvalue weighted by Gasteiger charge is -2.24. The largest absolute Gasteiger partial charge is 0.508 e. The van der Waals surface area contributed by atoms with Crippen molar-refractivity contribution >= 4 is 36.3 Å². The molecule has 0 bridgehead atoms. The van der Waals surface area contributed by atoms with Crippen LogP contribution in [0.3, 0.4) is 0 Å². The van der Waals surface area contributed by atoms with Crippen LogP contribution in [-0.2, 0) is 32.0 Å². The number of phenols is 1. The number of amides is 3. The van der Waals surface area contributed by atoms with E-state index in [1.807, 2.05) is 0 Å².